The van der Waals surface area contributed by atoms with Gasteiger partial charge in [-0.25, -0.2) is 4.99 Å². The lowest BCUT2D eigenvalue weighted by Gasteiger charge is -2.20. The number of nitrogens with zero attached hydrogens (tertiary/aromatic N) is 2. The molecule has 1 fully saturated rings. The van der Waals surface area contributed by atoms with E-state index >= 15 is 0 Å². The molecular formula is C20H27N5O2. The van der Waals surface area contributed by atoms with Gasteiger partial charge in [0.2, 0.25) is 5.91 Å². The molecule has 0 bridgehead atoms. The second-order valence-electron chi connectivity index (χ2n) is 6.46. The van der Waals surface area contributed by atoms with Crippen LogP contribution in [0.25, 0.3) is 0 Å². The minimum Gasteiger partial charge on any atom is -0.467 e. The van der Waals surface area contributed by atoms with Crippen molar-refractivity contribution in [1.82, 2.24) is 16.0 Å². The van der Waals surface area contributed by atoms with Crippen molar-refractivity contribution in [3.8, 4) is 0 Å². The number of carbonyl (C=O) groups is 1. The van der Waals surface area contributed by atoms with Gasteiger partial charge in [-0.2, -0.15) is 0 Å². The van der Waals surface area contributed by atoms with E-state index in [1.807, 2.05) is 19.1 Å². The second kappa shape index (κ2) is 9.66. The zero-order valence-electron chi connectivity index (χ0n) is 15.6. The molecule has 1 aromatic heterocycles. The van der Waals surface area contributed by atoms with E-state index in [4.69, 9.17) is 4.42 Å². The summed E-state index contributed by atoms with van der Waals surface area (Å²) in [5.74, 6) is 1.26. The second-order valence-corrected chi connectivity index (χ2v) is 6.46. The highest BCUT2D eigenvalue weighted by Gasteiger charge is 2.23. The van der Waals surface area contributed by atoms with Crippen LogP contribution in [-0.2, 0) is 11.3 Å². The molecule has 0 aliphatic carbocycles. The maximum Gasteiger partial charge on any atom is 0.242 e. The van der Waals surface area contributed by atoms with E-state index < -0.39 is 0 Å². The van der Waals surface area contributed by atoms with Crippen LogP contribution in [0.2, 0.25) is 0 Å². The smallest absolute Gasteiger partial charge is 0.242 e. The number of benzene rings is 1. The van der Waals surface area contributed by atoms with Gasteiger partial charge >= 0.3 is 0 Å². The third kappa shape index (κ3) is 5.77. The Labute approximate surface area is 159 Å². The van der Waals surface area contributed by atoms with Crippen molar-refractivity contribution in [2.24, 2.45) is 4.99 Å². The van der Waals surface area contributed by atoms with Crippen molar-refractivity contribution < 1.29 is 9.21 Å². The van der Waals surface area contributed by atoms with E-state index in [1.165, 1.54) is 5.69 Å². The fraction of sp³-hybridized carbons (Fsp3) is 0.400. The number of hydrogen-bond acceptors (Lipinski definition) is 4. The minimum absolute atomic E-state index is 0.0746. The first-order valence-corrected chi connectivity index (χ1v) is 9.38. The molecule has 1 amide bonds. The molecule has 1 atom stereocenters. The molecule has 27 heavy (non-hydrogen) atoms. The van der Waals surface area contributed by atoms with Gasteiger partial charge in [0.1, 0.15) is 12.3 Å². The summed E-state index contributed by atoms with van der Waals surface area (Å²) in [4.78, 5) is 18.8. The maximum atomic E-state index is 12.0. The molecule has 2 aromatic rings. The average molecular weight is 369 g/mol. The molecule has 1 aliphatic rings. The van der Waals surface area contributed by atoms with Crippen LogP contribution in [0.4, 0.5) is 5.69 Å². The Morgan fingerprint density at radius 1 is 1.22 bits per heavy atom. The van der Waals surface area contributed by atoms with Crippen LogP contribution in [-0.4, -0.2) is 44.1 Å². The molecule has 0 radical (unpaired) electrons. The lowest BCUT2D eigenvalue weighted by molar-refractivity contribution is -0.119. The van der Waals surface area contributed by atoms with Crippen LogP contribution in [0.15, 0.2) is 58.1 Å². The Bertz CT molecular complexity index is 730. The van der Waals surface area contributed by atoms with Gasteiger partial charge in [0.05, 0.1) is 12.8 Å². The van der Waals surface area contributed by atoms with Gasteiger partial charge in [0.25, 0.3) is 0 Å². The Morgan fingerprint density at radius 3 is 2.81 bits per heavy atom. The van der Waals surface area contributed by atoms with Gasteiger partial charge in [-0.1, -0.05) is 18.2 Å². The number of furan rings is 1. The van der Waals surface area contributed by atoms with Crippen molar-refractivity contribution in [1.29, 1.82) is 0 Å². The first-order chi connectivity index (χ1) is 13.2. The topological polar surface area (TPSA) is 81.9 Å². The first-order valence-electron chi connectivity index (χ1n) is 9.38. The summed E-state index contributed by atoms with van der Waals surface area (Å²) in [6.07, 6.45) is 2.62. The number of nitrogens with one attached hydrogen (secondary N) is 3. The summed E-state index contributed by atoms with van der Waals surface area (Å²) >= 11 is 0. The van der Waals surface area contributed by atoms with Crippen molar-refractivity contribution in [3.63, 3.8) is 0 Å². The summed E-state index contributed by atoms with van der Waals surface area (Å²) in [5.41, 5.74) is 1.24. The third-order valence-electron chi connectivity index (χ3n) is 4.42. The van der Waals surface area contributed by atoms with Gasteiger partial charge < -0.3 is 25.3 Å². The molecule has 3 N–H and O–H groups in total. The lowest BCUT2D eigenvalue weighted by atomic mass is 10.3. The molecule has 144 valence electrons. The van der Waals surface area contributed by atoms with E-state index in [2.05, 4.69) is 50.1 Å². The van der Waals surface area contributed by atoms with Gasteiger partial charge in [0.15, 0.2) is 5.96 Å². The molecule has 0 spiro atoms. The third-order valence-corrected chi connectivity index (χ3v) is 4.42. The number of carbonyl (C=O) groups excluding carboxylic acids is 1. The van der Waals surface area contributed by atoms with Crippen LogP contribution in [0.5, 0.6) is 0 Å². The highest BCUT2D eigenvalue weighted by molar-refractivity contribution is 5.85. The number of para-hydroxylation sites is 1. The predicted molar refractivity (Wildman–Crippen MR) is 107 cm³/mol. The first kappa shape index (κ1) is 18.8. The standard InChI is InChI=1S/C20H27N5O2/c1-2-21-20(23-14-19(26)22-13-18-9-6-12-27-18)24-16-10-11-25(15-16)17-7-4-3-5-8-17/h3-9,12,16H,2,10-11,13-15H2,1H3,(H,22,26)(H2,21,23,24). The Morgan fingerprint density at radius 2 is 2.07 bits per heavy atom. The Hall–Kier alpha value is -2.96. The minimum atomic E-state index is -0.138. The molecule has 1 saturated heterocycles. The fourth-order valence-electron chi connectivity index (χ4n) is 3.07. The van der Waals surface area contributed by atoms with Crippen LogP contribution in [0, 0.1) is 0 Å². The van der Waals surface area contributed by atoms with Crippen LogP contribution in [0.3, 0.4) is 0 Å². The number of aliphatic imine (C=N–C) groups is 1. The average Bonchev–Trinajstić information content (AvgIpc) is 3.37. The molecular weight excluding hydrogens is 342 g/mol. The molecule has 1 unspecified atom stereocenters. The van der Waals surface area contributed by atoms with Crippen molar-refractivity contribution >= 4 is 17.6 Å². The predicted octanol–water partition coefficient (Wildman–Crippen LogP) is 1.73. The van der Waals surface area contributed by atoms with Crippen molar-refractivity contribution in [3.05, 3.63) is 54.5 Å². The Kier molecular flexibility index (Phi) is 6.73. The summed E-state index contributed by atoms with van der Waals surface area (Å²) in [6.45, 7) is 5.13. The summed E-state index contributed by atoms with van der Waals surface area (Å²) in [5, 5.41) is 9.45. The zero-order chi connectivity index (χ0) is 18.9. The van der Waals surface area contributed by atoms with Crippen molar-refractivity contribution in [2.45, 2.75) is 25.9 Å². The molecule has 7 heteroatoms. The van der Waals surface area contributed by atoms with E-state index in [9.17, 15) is 4.79 Å². The van der Waals surface area contributed by atoms with Crippen LogP contribution < -0.4 is 20.9 Å². The molecule has 7 nitrogen and oxygen atoms in total. The Balaban J connectivity index is 1.48. The monoisotopic (exact) mass is 369 g/mol. The lowest BCUT2D eigenvalue weighted by Crippen LogP contribution is -2.45. The van der Waals surface area contributed by atoms with Gasteiger partial charge in [-0.3, -0.25) is 4.79 Å². The molecule has 2 heterocycles. The summed E-state index contributed by atoms with van der Waals surface area (Å²) in [6, 6.07) is 14.3. The van der Waals surface area contributed by atoms with E-state index in [-0.39, 0.29) is 12.5 Å². The normalized spacial score (nSPS) is 17.0. The zero-order valence-corrected chi connectivity index (χ0v) is 15.6. The summed E-state index contributed by atoms with van der Waals surface area (Å²) < 4.78 is 5.20. The van der Waals surface area contributed by atoms with Gasteiger partial charge in [0, 0.05) is 31.4 Å². The molecule has 1 aromatic carbocycles. The van der Waals surface area contributed by atoms with Gasteiger partial charge in [-0.15, -0.1) is 0 Å². The highest BCUT2D eigenvalue weighted by atomic mass is 16.3. The van der Waals surface area contributed by atoms with E-state index in [0.29, 0.717) is 18.5 Å². The molecule has 1 aliphatic heterocycles. The van der Waals surface area contributed by atoms with Crippen LogP contribution in [0.1, 0.15) is 19.1 Å². The van der Waals surface area contributed by atoms with E-state index in [0.717, 1.165) is 31.8 Å². The number of hydrogen-bond donors (Lipinski definition) is 3. The number of amides is 1. The molecule has 0 saturated carbocycles. The van der Waals surface area contributed by atoms with Crippen LogP contribution >= 0.6 is 0 Å². The number of guanidine groups is 1. The van der Waals surface area contributed by atoms with E-state index in [1.54, 1.807) is 12.3 Å². The fourth-order valence-corrected chi connectivity index (χ4v) is 3.07. The quantitative estimate of drug-likeness (QED) is 0.512. The molecule has 3 rings (SSSR count). The number of rotatable bonds is 7. The largest absolute Gasteiger partial charge is 0.467 e. The van der Waals surface area contributed by atoms with Crippen molar-refractivity contribution in [2.75, 3.05) is 31.1 Å². The number of anilines is 1. The van der Waals surface area contributed by atoms with Gasteiger partial charge in [-0.05, 0) is 37.6 Å². The SMILES string of the molecule is CCNC(=NCC(=O)NCc1ccco1)NC1CCN(c2ccccc2)C1. The highest BCUT2D eigenvalue weighted by Crippen LogP contribution is 2.19. The maximum absolute atomic E-state index is 12.0. The summed E-state index contributed by atoms with van der Waals surface area (Å²) in [7, 11) is 0.